The minimum absolute atomic E-state index is 0.112. The Bertz CT molecular complexity index is 1890. The van der Waals surface area contributed by atoms with Gasteiger partial charge in [0.2, 0.25) is 6.10 Å². The van der Waals surface area contributed by atoms with Crippen LogP contribution in [0.5, 0.6) is 11.5 Å². The summed E-state index contributed by atoms with van der Waals surface area (Å²) in [6, 6.07) is 11.6. The number of carbonyl (C=O) groups is 4. The van der Waals surface area contributed by atoms with Gasteiger partial charge in [0.05, 0.1) is 17.6 Å². The Morgan fingerprint density at radius 3 is 2.40 bits per heavy atom. The number of esters is 3. The predicted molar refractivity (Wildman–Crippen MR) is 193 cm³/mol. The van der Waals surface area contributed by atoms with Crippen molar-refractivity contribution in [2.24, 2.45) is 0 Å². The Labute approximate surface area is 319 Å². The first kappa shape index (κ1) is 38.8. The van der Waals surface area contributed by atoms with Crippen LogP contribution in [0.2, 0.25) is 0 Å². The van der Waals surface area contributed by atoms with E-state index in [9.17, 15) is 24.3 Å². The van der Waals surface area contributed by atoms with Gasteiger partial charge >= 0.3 is 24.1 Å². The van der Waals surface area contributed by atoms with Crippen LogP contribution in [0, 0.1) is 0 Å². The van der Waals surface area contributed by atoms with E-state index in [-0.39, 0.29) is 36.3 Å². The smallest absolute Gasteiger partial charge is 0.477 e. The molecule has 2 aromatic carbocycles. The number of rotatable bonds is 10. The minimum atomic E-state index is -1.60. The molecule has 2 bridgehead atoms. The van der Waals surface area contributed by atoms with E-state index in [0.717, 1.165) is 12.0 Å². The highest BCUT2D eigenvalue weighted by molar-refractivity contribution is 5.88. The molecular weight excluding hydrogens is 714 g/mol. The molecule has 0 radical (unpaired) electrons. The summed E-state index contributed by atoms with van der Waals surface area (Å²) in [7, 11) is 1.97. The van der Waals surface area contributed by atoms with Gasteiger partial charge in [-0.05, 0) is 85.2 Å². The molecule has 0 aromatic heterocycles. The van der Waals surface area contributed by atoms with Gasteiger partial charge in [0.1, 0.15) is 11.4 Å². The van der Waals surface area contributed by atoms with E-state index < -0.39 is 70.9 Å². The molecule has 14 nitrogen and oxygen atoms in total. The van der Waals surface area contributed by atoms with Gasteiger partial charge in [-0.15, -0.1) is 0 Å². The molecule has 1 N–H and O–H groups in total. The quantitative estimate of drug-likeness (QED) is 0.149. The molecule has 2 fully saturated rings. The molecule has 3 heterocycles. The molecule has 7 atom stereocenters. The number of hydrogen-bond acceptors (Lipinski definition) is 14. The maximum atomic E-state index is 14.3. The van der Waals surface area contributed by atoms with E-state index in [4.69, 9.17) is 37.9 Å². The largest absolute Gasteiger partial charge is 0.514 e. The van der Waals surface area contributed by atoms with Gasteiger partial charge in [-0.25, -0.2) is 19.2 Å². The van der Waals surface area contributed by atoms with Crippen LogP contribution in [0.1, 0.15) is 90.0 Å². The zero-order valence-electron chi connectivity index (χ0n) is 32.2. The second-order valence-corrected chi connectivity index (χ2v) is 16.3. The average Bonchev–Trinajstić information content (AvgIpc) is 3.65. The second-order valence-electron chi connectivity index (χ2n) is 16.3. The zero-order chi connectivity index (χ0) is 39.5. The molecule has 14 heteroatoms. The lowest BCUT2D eigenvalue weighted by Crippen LogP contribution is -2.74. The SMILES string of the molecule is CCCCOC(=O)[C@@H]1OC(C)(C)O[C@H]1C(=O)O[C@H](C(=O)OC1=CC[C@@]2(O)[C@H]3Cc4ccc(OC(=O)OC(C)(C)C)c5c4[C@@]2(CCN3C)[C@H]1O5)c1ccccc1. The Balaban J connectivity index is 1.19. The molecular formula is C41H49NO13. The van der Waals surface area contributed by atoms with Gasteiger partial charge in [-0.2, -0.15) is 0 Å². The minimum Gasteiger partial charge on any atom is -0.477 e. The van der Waals surface area contributed by atoms with Crippen LogP contribution in [-0.4, -0.2) is 95.6 Å². The number of hydrogen-bond donors (Lipinski definition) is 1. The van der Waals surface area contributed by atoms with E-state index in [1.807, 2.05) is 20.0 Å². The Morgan fingerprint density at radius 1 is 1.00 bits per heavy atom. The average molecular weight is 764 g/mol. The van der Waals surface area contributed by atoms with Crippen molar-refractivity contribution in [1.29, 1.82) is 0 Å². The van der Waals surface area contributed by atoms with Gasteiger partial charge in [0.25, 0.3) is 0 Å². The Hall–Kier alpha value is -4.50. The van der Waals surface area contributed by atoms with E-state index >= 15 is 0 Å². The third-order valence-electron chi connectivity index (χ3n) is 11.0. The zero-order valence-corrected chi connectivity index (χ0v) is 32.2. The maximum absolute atomic E-state index is 14.3. The molecule has 0 saturated carbocycles. The Kier molecular flexibility index (Phi) is 10.0. The van der Waals surface area contributed by atoms with Crippen molar-refractivity contribution in [3.05, 3.63) is 71.0 Å². The summed E-state index contributed by atoms with van der Waals surface area (Å²) in [5, 5.41) is 12.7. The summed E-state index contributed by atoms with van der Waals surface area (Å²) in [6.07, 6.45) is -2.34. The molecule has 3 aliphatic heterocycles. The van der Waals surface area contributed by atoms with Gasteiger partial charge in [0, 0.05) is 23.6 Å². The third-order valence-corrected chi connectivity index (χ3v) is 11.0. The summed E-state index contributed by atoms with van der Waals surface area (Å²) in [4.78, 5) is 56.2. The van der Waals surface area contributed by atoms with Gasteiger partial charge in [-0.1, -0.05) is 49.7 Å². The summed E-state index contributed by atoms with van der Waals surface area (Å²) in [5.41, 5.74) is -1.29. The first-order valence-electron chi connectivity index (χ1n) is 18.8. The maximum Gasteiger partial charge on any atom is 0.514 e. The van der Waals surface area contributed by atoms with Crippen LogP contribution in [-0.2, 0) is 54.6 Å². The summed E-state index contributed by atoms with van der Waals surface area (Å²) < 4.78 is 46.7. The molecule has 0 unspecified atom stereocenters. The highest BCUT2D eigenvalue weighted by Crippen LogP contribution is 2.65. The number of piperidine rings is 1. The van der Waals surface area contributed by atoms with Gasteiger partial charge < -0.3 is 47.9 Å². The van der Waals surface area contributed by atoms with Crippen molar-refractivity contribution in [3.8, 4) is 11.5 Å². The fourth-order valence-corrected chi connectivity index (χ4v) is 8.61. The number of nitrogens with zero attached hydrogens (tertiary/aromatic N) is 1. The van der Waals surface area contributed by atoms with E-state index in [0.29, 0.717) is 36.9 Å². The normalized spacial score (nSPS) is 29.2. The standard InChI is InChI=1S/C41H49NO13/c1-8-9-21-48-34(43)31-32(54-39(5,6)53-31)36(45)52-29(23-13-11-10-12-14-23)35(44)49-26-17-18-41(47)27-22-24-15-16-25(50-37(46)55-38(2,3)4)30-28(24)40(41,33(26)51-30)19-20-42(27)7/h10-17,27,29,31-33,47H,8-9,18-22H2,1-7H3/t27-,29+,31-,32-,33+,40+,41-/m1/s1. The summed E-state index contributed by atoms with van der Waals surface area (Å²) in [6.45, 7) is 11.0. The lowest BCUT2D eigenvalue weighted by molar-refractivity contribution is -0.184. The van der Waals surface area contributed by atoms with Crippen LogP contribution in [0.25, 0.3) is 0 Å². The predicted octanol–water partition coefficient (Wildman–Crippen LogP) is 4.97. The number of likely N-dealkylation sites (tertiary alicyclic amines) is 1. The number of aliphatic hydroxyl groups is 1. The van der Waals surface area contributed by atoms with Crippen LogP contribution in [0.15, 0.2) is 54.3 Å². The molecule has 2 aliphatic carbocycles. The molecule has 1 spiro atoms. The van der Waals surface area contributed by atoms with Crippen LogP contribution in [0.4, 0.5) is 4.79 Å². The van der Waals surface area contributed by atoms with Crippen molar-refractivity contribution < 1.29 is 62.2 Å². The van der Waals surface area contributed by atoms with Crippen LogP contribution >= 0.6 is 0 Å². The molecule has 55 heavy (non-hydrogen) atoms. The second kappa shape index (κ2) is 14.2. The molecule has 2 aromatic rings. The lowest BCUT2D eigenvalue weighted by atomic mass is 9.50. The van der Waals surface area contributed by atoms with Gasteiger partial charge in [-0.3, -0.25) is 0 Å². The van der Waals surface area contributed by atoms with Crippen molar-refractivity contribution in [2.75, 3.05) is 20.2 Å². The monoisotopic (exact) mass is 763 g/mol. The molecule has 5 aliphatic rings. The lowest BCUT2D eigenvalue weighted by Gasteiger charge is -2.61. The van der Waals surface area contributed by atoms with Crippen molar-refractivity contribution in [2.45, 2.75) is 127 Å². The highest BCUT2D eigenvalue weighted by Gasteiger charge is 2.72. The van der Waals surface area contributed by atoms with Crippen LogP contribution < -0.4 is 9.47 Å². The van der Waals surface area contributed by atoms with Crippen molar-refractivity contribution in [1.82, 2.24) is 4.90 Å². The fraction of sp³-hybridized carbons (Fsp3) is 0.561. The number of benzene rings is 2. The number of likely N-dealkylation sites (N-methyl/N-ethyl adjacent to an activating group) is 1. The number of unbranched alkanes of at least 4 members (excludes halogenated alkanes) is 1. The van der Waals surface area contributed by atoms with Crippen molar-refractivity contribution in [3.63, 3.8) is 0 Å². The molecule has 7 rings (SSSR count). The summed E-state index contributed by atoms with van der Waals surface area (Å²) >= 11 is 0. The van der Waals surface area contributed by atoms with Gasteiger partial charge in [0.15, 0.2) is 35.6 Å². The van der Waals surface area contributed by atoms with Crippen molar-refractivity contribution >= 4 is 24.1 Å². The van der Waals surface area contributed by atoms with E-state index in [2.05, 4.69) is 4.90 Å². The number of carbonyl (C=O) groups excluding carboxylic acids is 4. The topological polar surface area (TPSA) is 166 Å². The van der Waals surface area contributed by atoms with E-state index in [1.165, 1.54) is 0 Å². The van der Waals surface area contributed by atoms with E-state index in [1.54, 1.807) is 77.1 Å². The molecule has 2 saturated heterocycles. The third kappa shape index (κ3) is 6.87. The summed E-state index contributed by atoms with van der Waals surface area (Å²) in [5.74, 6) is -3.59. The Morgan fingerprint density at radius 2 is 1.71 bits per heavy atom. The number of ether oxygens (including phenoxy) is 8. The first-order chi connectivity index (χ1) is 26.0. The molecule has 0 amide bonds. The first-order valence-corrected chi connectivity index (χ1v) is 18.8. The molecule has 296 valence electrons. The highest BCUT2D eigenvalue weighted by atomic mass is 16.8. The fourth-order valence-electron chi connectivity index (χ4n) is 8.61. The van der Waals surface area contributed by atoms with Crippen LogP contribution in [0.3, 0.4) is 0 Å².